The molecule has 0 radical (unpaired) electrons. The normalized spacial score (nSPS) is 15.4. The summed E-state index contributed by atoms with van der Waals surface area (Å²) in [5, 5.41) is 3.58. The minimum Gasteiger partial charge on any atom is -0.314 e. The lowest BCUT2D eigenvalue weighted by atomic mass is 9.98. The van der Waals surface area contributed by atoms with Crippen molar-refractivity contribution >= 4 is 0 Å². The van der Waals surface area contributed by atoms with Crippen molar-refractivity contribution in [1.29, 1.82) is 0 Å². The predicted molar refractivity (Wildman–Crippen MR) is 65.7 cm³/mol. The lowest BCUT2D eigenvalue weighted by Crippen LogP contribution is -2.28. The average Bonchev–Trinajstić information content (AvgIpc) is 2.18. The van der Waals surface area contributed by atoms with Gasteiger partial charge in [0.15, 0.2) is 0 Å². The standard InChI is InChI=1S/C13H29N/c1-5-9-13(14-7-3)11-8-10-12(4)6-2/h12-14H,5-11H2,1-4H3. The highest BCUT2D eigenvalue weighted by Gasteiger charge is 2.06. The third kappa shape index (κ3) is 7.37. The molecule has 1 N–H and O–H groups in total. The molecule has 0 rings (SSSR count). The third-order valence-electron chi connectivity index (χ3n) is 3.08. The molecule has 0 aromatic rings. The summed E-state index contributed by atoms with van der Waals surface area (Å²) in [5.41, 5.74) is 0. The minimum absolute atomic E-state index is 0.772. The first-order valence-electron chi connectivity index (χ1n) is 6.47. The van der Waals surface area contributed by atoms with Crippen LogP contribution in [0.15, 0.2) is 0 Å². The van der Waals surface area contributed by atoms with Crippen LogP contribution in [0.2, 0.25) is 0 Å². The molecule has 0 aromatic carbocycles. The first kappa shape index (κ1) is 14.0. The van der Waals surface area contributed by atoms with Crippen molar-refractivity contribution in [3.63, 3.8) is 0 Å². The molecule has 0 heterocycles. The Hall–Kier alpha value is -0.0400. The van der Waals surface area contributed by atoms with Gasteiger partial charge >= 0.3 is 0 Å². The quantitative estimate of drug-likeness (QED) is 0.592. The van der Waals surface area contributed by atoms with E-state index in [0.717, 1.165) is 18.5 Å². The third-order valence-corrected chi connectivity index (χ3v) is 3.08. The van der Waals surface area contributed by atoms with Gasteiger partial charge in [0.25, 0.3) is 0 Å². The lowest BCUT2D eigenvalue weighted by Gasteiger charge is -2.17. The van der Waals surface area contributed by atoms with E-state index in [0.29, 0.717) is 0 Å². The molecule has 0 saturated carbocycles. The van der Waals surface area contributed by atoms with E-state index >= 15 is 0 Å². The molecule has 0 fully saturated rings. The van der Waals surface area contributed by atoms with Crippen molar-refractivity contribution in [3.05, 3.63) is 0 Å². The largest absolute Gasteiger partial charge is 0.314 e. The van der Waals surface area contributed by atoms with Crippen LogP contribution in [0.25, 0.3) is 0 Å². The molecule has 0 aliphatic heterocycles. The van der Waals surface area contributed by atoms with Gasteiger partial charge in [-0.05, 0) is 25.3 Å². The molecule has 0 aliphatic carbocycles. The summed E-state index contributed by atoms with van der Waals surface area (Å²) in [6.45, 7) is 10.3. The zero-order valence-electron chi connectivity index (χ0n) is 10.6. The molecule has 0 spiro atoms. The zero-order chi connectivity index (χ0) is 10.8. The van der Waals surface area contributed by atoms with Crippen molar-refractivity contribution in [2.75, 3.05) is 6.54 Å². The number of hydrogen-bond donors (Lipinski definition) is 1. The molecule has 86 valence electrons. The highest BCUT2D eigenvalue weighted by atomic mass is 14.9. The molecular weight excluding hydrogens is 170 g/mol. The Morgan fingerprint density at radius 3 is 2.21 bits per heavy atom. The van der Waals surface area contributed by atoms with Gasteiger partial charge in [-0.15, -0.1) is 0 Å². The summed E-state index contributed by atoms with van der Waals surface area (Å²) >= 11 is 0. The van der Waals surface area contributed by atoms with Crippen molar-refractivity contribution < 1.29 is 0 Å². The summed E-state index contributed by atoms with van der Waals surface area (Å²) in [4.78, 5) is 0. The fraction of sp³-hybridized carbons (Fsp3) is 1.00. The van der Waals surface area contributed by atoms with E-state index in [1.165, 1.54) is 38.5 Å². The van der Waals surface area contributed by atoms with Crippen LogP contribution in [0.3, 0.4) is 0 Å². The van der Waals surface area contributed by atoms with E-state index in [-0.39, 0.29) is 0 Å². The lowest BCUT2D eigenvalue weighted by molar-refractivity contribution is 0.409. The SMILES string of the molecule is CCCC(CCCC(C)CC)NCC. The average molecular weight is 199 g/mol. The van der Waals surface area contributed by atoms with Gasteiger partial charge in [0, 0.05) is 6.04 Å². The number of nitrogens with one attached hydrogen (secondary N) is 1. The van der Waals surface area contributed by atoms with Gasteiger partial charge in [0.1, 0.15) is 0 Å². The van der Waals surface area contributed by atoms with E-state index < -0.39 is 0 Å². The zero-order valence-corrected chi connectivity index (χ0v) is 10.6. The second kappa shape index (κ2) is 9.51. The molecule has 1 heteroatoms. The highest BCUT2D eigenvalue weighted by molar-refractivity contribution is 4.66. The number of rotatable bonds is 9. The van der Waals surface area contributed by atoms with Gasteiger partial charge in [0.2, 0.25) is 0 Å². The minimum atomic E-state index is 0.772. The molecule has 0 bridgehead atoms. The fourth-order valence-electron chi connectivity index (χ4n) is 1.90. The topological polar surface area (TPSA) is 12.0 Å². The highest BCUT2D eigenvalue weighted by Crippen LogP contribution is 2.14. The van der Waals surface area contributed by atoms with E-state index in [2.05, 4.69) is 33.0 Å². The van der Waals surface area contributed by atoms with Crippen molar-refractivity contribution in [2.24, 2.45) is 5.92 Å². The Morgan fingerprint density at radius 2 is 1.71 bits per heavy atom. The first-order valence-corrected chi connectivity index (χ1v) is 6.47. The Kier molecular flexibility index (Phi) is 9.49. The van der Waals surface area contributed by atoms with E-state index in [1.54, 1.807) is 0 Å². The van der Waals surface area contributed by atoms with Gasteiger partial charge in [-0.1, -0.05) is 53.4 Å². The van der Waals surface area contributed by atoms with Crippen LogP contribution >= 0.6 is 0 Å². The van der Waals surface area contributed by atoms with Crippen molar-refractivity contribution in [1.82, 2.24) is 5.32 Å². The van der Waals surface area contributed by atoms with Crippen LogP contribution in [0.5, 0.6) is 0 Å². The Bertz CT molecular complexity index is 106. The molecule has 0 aliphatic rings. The van der Waals surface area contributed by atoms with E-state index in [9.17, 15) is 0 Å². The summed E-state index contributed by atoms with van der Waals surface area (Å²) in [5.74, 6) is 0.916. The molecular formula is C13H29N. The van der Waals surface area contributed by atoms with Crippen LogP contribution < -0.4 is 5.32 Å². The summed E-state index contributed by atoms with van der Waals surface area (Å²) < 4.78 is 0. The molecule has 2 atom stereocenters. The second-order valence-corrected chi connectivity index (χ2v) is 4.49. The molecule has 0 aromatic heterocycles. The van der Waals surface area contributed by atoms with Crippen LogP contribution in [0.4, 0.5) is 0 Å². The van der Waals surface area contributed by atoms with Crippen LogP contribution in [0.1, 0.15) is 66.2 Å². The molecule has 0 amide bonds. The maximum absolute atomic E-state index is 3.58. The summed E-state index contributed by atoms with van der Waals surface area (Å²) in [7, 11) is 0. The maximum atomic E-state index is 3.58. The Labute approximate surface area is 90.7 Å². The van der Waals surface area contributed by atoms with Crippen molar-refractivity contribution in [2.45, 2.75) is 72.3 Å². The Morgan fingerprint density at radius 1 is 1.00 bits per heavy atom. The molecule has 2 unspecified atom stereocenters. The molecule has 0 saturated heterocycles. The number of hydrogen-bond acceptors (Lipinski definition) is 1. The predicted octanol–water partition coefficient (Wildman–Crippen LogP) is 3.98. The smallest absolute Gasteiger partial charge is 0.00668 e. The van der Waals surface area contributed by atoms with E-state index in [4.69, 9.17) is 0 Å². The Balaban J connectivity index is 3.49. The van der Waals surface area contributed by atoms with Gasteiger partial charge in [-0.2, -0.15) is 0 Å². The first-order chi connectivity index (χ1) is 6.74. The molecule has 1 nitrogen and oxygen atoms in total. The summed E-state index contributed by atoms with van der Waals surface area (Å²) in [6, 6.07) is 0.772. The second-order valence-electron chi connectivity index (χ2n) is 4.49. The van der Waals surface area contributed by atoms with E-state index in [1.807, 2.05) is 0 Å². The van der Waals surface area contributed by atoms with Gasteiger partial charge < -0.3 is 5.32 Å². The van der Waals surface area contributed by atoms with Crippen LogP contribution in [-0.2, 0) is 0 Å². The van der Waals surface area contributed by atoms with Gasteiger partial charge in [0.05, 0.1) is 0 Å². The maximum Gasteiger partial charge on any atom is 0.00668 e. The van der Waals surface area contributed by atoms with Crippen LogP contribution in [-0.4, -0.2) is 12.6 Å². The summed E-state index contributed by atoms with van der Waals surface area (Å²) in [6.07, 6.45) is 8.15. The molecule has 14 heavy (non-hydrogen) atoms. The fourth-order valence-corrected chi connectivity index (χ4v) is 1.90. The monoisotopic (exact) mass is 199 g/mol. The van der Waals surface area contributed by atoms with Crippen LogP contribution in [0, 0.1) is 5.92 Å². The van der Waals surface area contributed by atoms with Crippen molar-refractivity contribution in [3.8, 4) is 0 Å². The van der Waals surface area contributed by atoms with Gasteiger partial charge in [-0.3, -0.25) is 0 Å². The van der Waals surface area contributed by atoms with Gasteiger partial charge in [-0.25, -0.2) is 0 Å².